The molecule has 1 atom stereocenters. The molecule has 4 heteroatoms. The summed E-state index contributed by atoms with van der Waals surface area (Å²) in [7, 11) is 0. The van der Waals surface area contributed by atoms with Gasteiger partial charge >= 0.3 is 0 Å². The summed E-state index contributed by atoms with van der Waals surface area (Å²) < 4.78 is 16.1. The van der Waals surface area contributed by atoms with Gasteiger partial charge in [0.15, 0.2) is 6.29 Å². The van der Waals surface area contributed by atoms with Gasteiger partial charge < -0.3 is 14.2 Å². The van der Waals surface area contributed by atoms with E-state index in [9.17, 15) is 0 Å². The van der Waals surface area contributed by atoms with E-state index < -0.39 is 0 Å². The molecule has 1 aliphatic rings. The Balaban J connectivity index is 1.75. The van der Waals surface area contributed by atoms with Crippen LogP contribution in [0.2, 0.25) is 0 Å². The molecule has 0 N–H and O–H groups in total. The van der Waals surface area contributed by atoms with Crippen molar-refractivity contribution < 1.29 is 14.2 Å². The third-order valence-electron chi connectivity index (χ3n) is 2.20. The number of rotatable bonds is 8. The van der Waals surface area contributed by atoms with Gasteiger partial charge in [-0.2, -0.15) is 5.26 Å². The van der Waals surface area contributed by atoms with Crippen molar-refractivity contribution >= 4 is 0 Å². The Hall–Kier alpha value is -0.630. The molecule has 0 radical (unpaired) electrons. The molecule has 0 aliphatic carbocycles. The van der Waals surface area contributed by atoms with Crippen molar-refractivity contribution in [3.63, 3.8) is 0 Å². The highest BCUT2D eigenvalue weighted by Crippen LogP contribution is 2.12. The van der Waals surface area contributed by atoms with Crippen molar-refractivity contribution in [1.29, 1.82) is 5.26 Å². The number of hydrogen-bond acceptors (Lipinski definition) is 4. The molecule has 0 aromatic carbocycles. The predicted octanol–water partition coefficient (Wildman–Crippen LogP) is 1.85. The number of nitrogens with zero attached hydrogens (tertiary/aromatic N) is 1. The molecule has 86 valence electrons. The van der Waals surface area contributed by atoms with E-state index in [4.69, 9.17) is 19.5 Å². The zero-order valence-electron chi connectivity index (χ0n) is 9.11. The van der Waals surface area contributed by atoms with Crippen LogP contribution in [0.1, 0.15) is 32.1 Å². The normalized spacial score (nSPS) is 20.3. The standard InChI is InChI=1S/C11H19NO3/c12-6-1-2-7-13-8-4-10-15-11-5-3-9-14-11/h11H,1-5,7-10H2. The first-order valence-electron chi connectivity index (χ1n) is 5.61. The second kappa shape index (κ2) is 8.66. The molecule has 1 heterocycles. The van der Waals surface area contributed by atoms with Crippen molar-refractivity contribution in [2.24, 2.45) is 0 Å². The number of nitriles is 1. The molecule has 0 spiro atoms. The first-order chi connectivity index (χ1) is 7.43. The van der Waals surface area contributed by atoms with Gasteiger partial charge in [-0.1, -0.05) is 0 Å². The Morgan fingerprint density at radius 1 is 1.27 bits per heavy atom. The second-order valence-electron chi connectivity index (χ2n) is 3.54. The summed E-state index contributed by atoms with van der Waals surface area (Å²) in [5, 5.41) is 8.29. The molecule has 15 heavy (non-hydrogen) atoms. The fourth-order valence-corrected chi connectivity index (χ4v) is 1.41. The third-order valence-corrected chi connectivity index (χ3v) is 2.20. The lowest BCUT2D eigenvalue weighted by Gasteiger charge is -2.10. The van der Waals surface area contributed by atoms with Gasteiger partial charge in [0.2, 0.25) is 0 Å². The minimum absolute atomic E-state index is 0.0172. The molecule has 1 saturated heterocycles. The minimum atomic E-state index is 0.0172. The Morgan fingerprint density at radius 3 is 2.87 bits per heavy atom. The average molecular weight is 213 g/mol. The van der Waals surface area contributed by atoms with Crippen LogP contribution in [-0.4, -0.2) is 32.7 Å². The van der Waals surface area contributed by atoms with Crippen molar-refractivity contribution in [3.05, 3.63) is 0 Å². The second-order valence-corrected chi connectivity index (χ2v) is 3.54. The van der Waals surface area contributed by atoms with Crippen LogP contribution in [0.4, 0.5) is 0 Å². The van der Waals surface area contributed by atoms with Crippen LogP contribution in [-0.2, 0) is 14.2 Å². The van der Waals surface area contributed by atoms with Crippen LogP contribution < -0.4 is 0 Å². The van der Waals surface area contributed by atoms with Gasteiger partial charge in [0, 0.05) is 32.7 Å². The molecule has 1 unspecified atom stereocenters. The quantitative estimate of drug-likeness (QED) is 0.577. The first-order valence-corrected chi connectivity index (χ1v) is 5.61. The smallest absolute Gasteiger partial charge is 0.157 e. The number of ether oxygens (including phenoxy) is 3. The maximum Gasteiger partial charge on any atom is 0.157 e. The van der Waals surface area contributed by atoms with E-state index in [0.717, 1.165) is 32.3 Å². The summed E-state index contributed by atoms with van der Waals surface area (Å²) in [6, 6.07) is 2.09. The molecule has 1 fully saturated rings. The topological polar surface area (TPSA) is 51.5 Å². The summed E-state index contributed by atoms with van der Waals surface area (Å²) >= 11 is 0. The summed E-state index contributed by atoms with van der Waals surface area (Å²) in [6.45, 7) is 2.91. The lowest BCUT2D eigenvalue weighted by Crippen LogP contribution is -2.12. The third kappa shape index (κ3) is 6.45. The van der Waals surface area contributed by atoms with Crippen LogP contribution in [0.25, 0.3) is 0 Å². The molecule has 0 amide bonds. The molecule has 0 aromatic rings. The zero-order valence-corrected chi connectivity index (χ0v) is 9.11. The van der Waals surface area contributed by atoms with E-state index in [1.54, 1.807) is 0 Å². The highest BCUT2D eigenvalue weighted by Gasteiger charge is 2.14. The number of unbranched alkanes of at least 4 members (excludes halogenated alkanes) is 1. The van der Waals surface area contributed by atoms with Gasteiger partial charge in [-0.3, -0.25) is 0 Å². The molecule has 1 rings (SSSR count). The molecular weight excluding hydrogens is 194 g/mol. The van der Waals surface area contributed by atoms with Crippen LogP contribution in [0, 0.1) is 11.3 Å². The largest absolute Gasteiger partial charge is 0.381 e. The van der Waals surface area contributed by atoms with Crippen molar-refractivity contribution in [3.8, 4) is 6.07 Å². The lowest BCUT2D eigenvalue weighted by atomic mass is 10.3. The first kappa shape index (κ1) is 12.4. The van der Waals surface area contributed by atoms with Gasteiger partial charge in [0.25, 0.3) is 0 Å². The zero-order chi connectivity index (χ0) is 10.8. The van der Waals surface area contributed by atoms with Gasteiger partial charge in [0.1, 0.15) is 0 Å². The van der Waals surface area contributed by atoms with E-state index in [0.29, 0.717) is 26.2 Å². The van der Waals surface area contributed by atoms with E-state index >= 15 is 0 Å². The maximum atomic E-state index is 8.29. The Morgan fingerprint density at radius 2 is 2.13 bits per heavy atom. The van der Waals surface area contributed by atoms with Gasteiger partial charge in [-0.05, 0) is 19.3 Å². The summed E-state index contributed by atoms with van der Waals surface area (Å²) in [4.78, 5) is 0. The minimum Gasteiger partial charge on any atom is -0.381 e. The fraction of sp³-hybridized carbons (Fsp3) is 0.909. The van der Waals surface area contributed by atoms with Crippen molar-refractivity contribution in [2.45, 2.75) is 38.4 Å². The van der Waals surface area contributed by atoms with Crippen LogP contribution in [0.3, 0.4) is 0 Å². The van der Waals surface area contributed by atoms with Crippen LogP contribution >= 0.6 is 0 Å². The lowest BCUT2D eigenvalue weighted by molar-refractivity contribution is -0.113. The number of hydrogen-bond donors (Lipinski definition) is 0. The van der Waals surface area contributed by atoms with E-state index in [-0.39, 0.29) is 6.29 Å². The molecule has 0 saturated carbocycles. The molecular formula is C11H19NO3. The highest BCUT2D eigenvalue weighted by molar-refractivity contribution is 4.67. The highest BCUT2D eigenvalue weighted by atomic mass is 16.7. The fourth-order valence-electron chi connectivity index (χ4n) is 1.41. The van der Waals surface area contributed by atoms with Crippen LogP contribution in [0.15, 0.2) is 0 Å². The Kier molecular flexibility index (Phi) is 7.18. The van der Waals surface area contributed by atoms with E-state index in [2.05, 4.69) is 6.07 Å². The van der Waals surface area contributed by atoms with Gasteiger partial charge in [-0.15, -0.1) is 0 Å². The average Bonchev–Trinajstić information content (AvgIpc) is 2.75. The molecule has 1 aliphatic heterocycles. The molecule has 0 aromatic heterocycles. The Labute approximate surface area is 91.1 Å². The predicted molar refractivity (Wildman–Crippen MR) is 55.2 cm³/mol. The van der Waals surface area contributed by atoms with E-state index in [1.165, 1.54) is 0 Å². The van der Waals surface area contributed by atoms with Crippen LogP contribution in [0.5, 0.6) is 0 Å². The van der Waals surface area contributed by atoms with Gasteiger partial charge in [0.05, 0.1) is 12.7 Å². The summed E-state index contributed by atoms with van der Waals surface area (Å²) in [5.41, 5.74) is 0. The molecule has 0 bridgehead atoms. The van der Waals surface area contributed by atoms with Crippen molar-refractivity contribution in [1.82, 2.24) is 0 Å². The van der Waals surface area contributed by atoms with Crippen molar-refractivity contribution in [2.75, 3.05) is 26.4 Å². The molecule has 4 nitrogen and oxygen atoms in total. The summed E-state index contributed by atoms with van der Waals surface area (Å²) in [5.74, 6) is 0. The maximum absolute atomic E-state index is 8.29. The Bertz CT molecular complexity index is 185. The monoisotopic (exact) mass is 213 g/mol. The SMILES string of the molecule is N#CCCCOCCCOC1CCCO1. The van der Waals surface area contributed by atoms with Gasteiger partial charge in [-0.25, -0.2) is 0 Å². The van der Waals surface area contributed by atoms with E-state index in [1.807, 2.05) is 0 Å². The summed E-state index contributed by atoms with van der Waals surface area (Å²) in [6.07, 6.45) is 4.43.